The molecule has 4 heteroatoms. The van der Waals surface area contributed by atoms with Crippen LogP contribution in [0.1, 0.15) is 16.7 Å². The number of aryl methyl sites for hydroxylation is 1. The van der Waals surface area contributed by atoms with Crippen molar-refractivity contribution in [3.63, 3.8) is 0 Å². The Balaban J connectivity index is 2.94. The number of hydrogen-bond donors (Lipinski definition) is 1. The highest BCUT2D eigenvalue weighted by Gasteiger charge is 2.05. The lowest BCUT2D eigenvalue weighted by atomic mass is 10.0. The van der Waals surface area contributed by atoms with Crippen LogP contribution in [0.4, 0.5) is 0 Å². The minimum atomic E-state index is -0.983. The summed E-state index contributed by atoms with van der Waals surface area (Å²) in [6, 6.07) is 5.56. The number of rotatable bonds is 5. The summed E-state index contributed by atoms with van der Waals surface area (Å²) in [5, 5.41) is 8.87. The Labute approximate surface area is 108 Å². The Kier molecular flexibility index (Phi) is 5.10. The highest BCUT2D eigenvalue weighted by Crippen LogP contribution is 2.14. The number of carboxylic acids is 1. The van der Waals surface area contributed by atoms with Gasteiger partial charge in [0.2, 0.25) is 0 Å². The first-order chi connectivity index (χ1) is 8.02. The molecule has 0 saturated heterocycles. The quantitative estimate of drug-likeness (QED) is 0.671. The molecule has 0 fully saturated rings. The van der Waals surface area contributed by atoms with Crippen LogP contribution < -0.4 is 0 Å². The van der Waals surface area contributed by atoms with Gasteiger partial charge in [0.15, 0.2) is 0 Å². The largest absolute Gasteiger partial charge is 0.478 e. The summed E-state index contributed by atoms with van der Waals surface area (Å²) < 4.78 is 0. The van der Waals surface area contributed by atoms with E-state index in [0.29, 0.717) is 11.8 Å². The van der Waals surface area contributed by atoms with Crippen LogP contribution in [-0.4, -0.2) is 22.2 Å². The molecule has 1 aromatic carbocycles. The Morgan fingerprint density at radius 2 is 2.12 bits per heavy atom. The van der Waals surface area contributed by atoms with Crippen LogP contribution in [0.3, 0.4) is 0 Å². The second-order valence-corrected chi connectivity index (χ2v) is 4.27. The van der Waals surface area contributed by atoms with Gasteiger partial charge in [0.1, 0.15) is 5.78 Å². The molecular formula is C13H13BrO3. The van der Waals surface area contributed by atoms with Crippen LogP contribution in [0.2, 0.25) is 0 Å². The van der Waals surface area contributed by atoms with Gasteiger partial charge >= 0.3 is 5.97 Å². The molecule has 90 valence electrons. The molecule has 0 aliphatic carbocycles. The third-order valence-electron chi connectivity index (χ3n) is 2.33. The molecule has 0 heterocycles. The summed E-state index contributed by atoms with van der Waals surface area (Å²) >= 11 is 3.12. The molecule has 0 radical (unpaired) electrons. The molecule has 0 aliphatic heterocycles. The molecule has 1 aromatic rings. The van der Waals surface area contributed by atoms with E-state index in [0.717, 1.165) is 22.8 Å². The Morgan fingerprint density at radius 3 is 2.71 bits per heavy atom. The molecule has 1 N–H and O–H groups in total. The van der Waals surface area contributed by atoms with Crippen molar-refractivity contribution in [3.05, 3.63) is 41.0 Å². The van der Waals surface area contributed by atoms with Crippen LogP contribution in [0.15, 0.2) is 24.3 Å². The van der Waals surface area contributed by atoms with Gasteiger partial charge in [-0.25, -0.2) is 4.79 Å². The van der Waals surface area contributed by atoms with Crippen molar-refractivity contribution >= 4 is 33.8 Å². The van der Waals surface area contributed by atoms with Crippen molar-refractivity contribution in [1.82, 2.24) is 0 Å². The normalized spacial score (nSPS) is 10.7. The van der Waals surface area contributed by atoms with Gasteiger partial charge in [0.05, 0.1) is 5.33 Å². The van der Waals surface area contributed by atoms with Crippen molar-refractivity contribution in [3.8, 4) is 0 Å². The number of alkyl halides is 1. The van der Waals surface area contributed by atoms with E-state index in [-0.39, 0.29) is 5.78 Å². The highest BCUT2D eigenvalue weighted by molar-refractivity contribution is 9.09. The predicted octanol–water partition coefficient (Wildman–Crippen LogP) is 2.60. The van der Waals surface area contributed by atoms with Gasteiger partial charge < -0.3 is 5.11 Å². The maximum atomic E-state index is 11.4. The third kappa shape index (κ3) is 4.53. The number of benzene rings is 1. The van der Waals surface area contributed by atoms with E-state index < -0.39 is 5.97 Å². The summed E-state index contributed by atoms with van der Waals surface area (Å²) in [6.45, 7) is 1.93. The SMILES string of the molecule is Cc1ccc(/C=C/C(=O)O)cc1CC(=O)CBr. The van der Waals surface area contributed by atoms with Crippen molar-refractivity contribution in [2.24, 2.45) is 0 Å². The van der Waals surface area contributed by atoms with Crippen molar-refractivity contribution in [1.29, 1.82) is 0 Å². The number of Topliss-reactive ketones (excluding diaryl/α,β-unsaturated/α-hetero) is 1. The number of carbonyl (C=O) groups excluding carboxylic acids is 1. The lowest BCUT2D eigenvalue weighted by molar-refractivity contribution is -0.131. The Morgan fingerprint density at radius 1 is 1.41 bits per heavy atom. The van der Waals surface area contributed by atoms with E-state index >= 15 is 0 Å². The van der Waals surface area contributed by atoms with Gasteiger partial charge in [-0.05, 0) is 29.7 Å². The topological polar surface area (TPSA) is 54.4 Å². The smallest absolute Gasteiger partial charge is 0.328 e. The first-order valence-electron chi connectivity index (χ1n) is 5.11. The maximum Gasteiger partial charge on any atom is 0.328 e. The summed E-state index contributed by atoms with van der Waals surface area (Å²) in [6.07, 6.45) is 2.97. The van der Waals surface area contributed by atoms with Gasteiger partial charge in [-0.1, -0.05) is 34.1 Å². The minimum absolute atomic E-state index is 0.104. The molecular weight excluding hydrogens is 284 g/mol. The van der Waals surface area contributed by atoms with E-state index in [9.17, 15) is 9.59 Å². The molecule has 3 nitrogen and oxygen atoms in total. The number of hydrogen-bond acceptors (Lipinski definition) is 2. The molecule has 1 rings (SSSR count). The van der Waals surface area contributed by atoms with Crippen LogP contribution in [0, 0.1) is 6.92 Å². The lowest BCUT2D eigenvalue weighted by Gasteiger charge is -2.05. The average Bonchev–Trinajstić information content (AvgIpc) is 2.29. The fraction of sp³-hybridized carbons (Fsp3) is 0.231. The summed E-state index contributed by atoms with van der Waals surface area (Å²) in [4.78, 5) is 21.8. The van der Waals surface area contributed by atoms with Crippen molar-refractivity contribution in [2.75, 3.05) is 5.33 Å². The number of carboxylic acid groups (broad SMARTS) is 1. The zero-order valence-corrected chi connectivity index (χ0v) is 11.0. The fourth-order valence-electron chi connectivity index (χ4n) is 1.41. The van der Waals surface area contributed by atoms with Crippen LogP contribution >= 0.6 is 15.9 Å². The van der Waals surface area contributed by atoms with Crippen LogP contribution in [-0.2, 0) is 16.0 Å². The number of aliphatic carboxylic acids is 1. The molecule has 0 saturated carbocycles. The summed E-state index contributed by atoms with van der Waals surface area (Å²) in [5.41, 5.74) is 2.75. The molecule has 0 aliphatic rings. The zero-order valence-electron chi connectivity index (χ0n) is 9.44. The van der Waals surface area contributed by atoms with Crippen LogP contribution in [0.25, 0.3) is 6.08 Å². The molecule has 0 spiro atoms. The van der Waals surface area contributed by atoms with Gasteiger partial charge in [-0.3, -0.25) is 4.79 Å². The molecule has 17 heavy (non-hydrogen) atoms. The van der Waals surface area contributed by atoms with E-state index in [1.165, 1.54) is 6.08 Å². The molecule has 0 amide bonds. The minimum Gasteiger partial charge on any atom is -0.478 e. The predicted molar refractivity (Wildman–Crippen MR) is 70.4 cm³/mol. The first-order valence-corrected chi connectivity index (χ1v) is 6.23. The van der Waals surface area contributed by atoms with Crippen LogP contribution in [0.5, 0.6) is 0 Å². The zero-order chi connectivity index (χ0) is 12.8. The second kappa shape index (κ2) is 6.35. The summed E-state index contributed by atoms with van der Waals surface area (Å²) in [7, 11) is 0. The monoisotopic (exact) mass is 296 g/mol. The molecule has 0 atom stereocenters. The van der Waals surface area contributed by atoms with E-state index in [4.69, 9.17) is 5.11 Å². The van der Waals surface area contributed by atoms with Crippen molar-refractivity contribution < 1.29 is 14.7 Å². The standard InChI is InChI=1S/C13H13BrO3/c1-9-2-3-10(4-5-13(16)17)6-11(9)7-12(15)8-14/h2-6H,7-8H2,1H3,(H,16,17)/b5-4+. The molecule has 0 bridgehead atoms. The third-order valence-corrected chi connectivity index (χ3v) is 2.95. The molecule has 0 aromatic heterocycles. The van der Waals surface area contributed by atoms with Gasteiger partial charge in [0, 0.05) is 12.5 Å². The first kappa shape index (κ1) is 13.6. The van der Waals surface area contributed by atoms with E-state index in [1.54, 1.807) is 0 Å². The number of halogens is 1. The lowest BCUT2D eigenvalue weighted by Crippen LogP contribution is -2.05. The fourth-order valence-corrected chi connectivity index (χ4v) is 1.61. The van der Waals surface area contributed by atoms with E-state index in [1.807, 2.05) is 25.1 Å². The Bertz CT molecular complexity index is 464. The highest BCUT2D eigenvalue weighted by atomic mass is 79.9. The summed E-state index contributed by atoms with van der Waals surface area (Å²) in [5.74, 6) is -0.879. The molecule has 0 unspecified atom stereocenters. The maximum absolute atomic E-state index is 11.4. The Hall–Kier alpha value is -1.42. The second-order valence-electron chi connectivity index (χ2n) is 3.71. The van der Waals surface area contributed by atoms with Crippen molar-refractivity contribution in [2.45, 2.75) is 13.3 Å². The van der Waals surface area contributed by atoms with E-state index in [2.05, 4.69) is 15.9 Å². The number of carbonyl (C=O) groups is 2. The van der Waals surface area contributed by atoms with Gasteiger partial charge in [-0.2, -0.15) is 0 Å². The van der Waals surface area contributed by atoms with Gasteiger partial charge in [-0.15, -0.1) is 0 Å². The van der Waals surface area contributed by atoms with Gasteiger partial charge in [0.25, 0.3) is 0 Å². The number of ketones is 1. The average molecular weight is 297 g/mol.